The van der Waals surface area contributed by atoms with Crippen molar-refractivity contribution >= 4 is 22.8 Å². The number of nitrogens with zero attached hydrogens (tertiary/aromatic N) is 8. The van der Waals surface area contributed by atoms with Gasteiger partial charge in [-0.3, -0.25) is 4.98 Å². The van der Waals surface area contributed by atoms with E-state index in [1.807, 2.05) is 9.80 Å². The lowest BCUT2D eigenvalue weighted by atomic mass is 9.72. The molecule has 0 saturated carbocycles. The lowest BCUT2D eigenvalue weighted by molar-refractivity contribution is -0.141. The maximum atomic E-state index is 12.9. The number of rotatable bonds is 4. The van der Waals surface area contributed by atoms with Crippen LogP contribution in [0.1, 0.15) is 18.5 Å². The minimum absolute atomic E-state index is 0.0332. The van der Waals surface area contributed by atoms with Gasteiger partial charge in [0.1, 0.15) is 23.7 Å². The molecule has 2 aliphatic heterocycles. The number of halogens is 5. The SMILES string of the molecule is FC(F)Cn1ncc2ncc(N3CC4(CCN(c5cncc(C(F)(F)F)n5)CC4)C3)nc21. The zero-order chi connectivity index (χ0) is 22.5. The number of alkyl halides is 5. The largest absolute Gasteiger partial charge is 0.434 e. The molecule has 0 aliphatic carbocycles. The van der Waals surface area contributed by atoms with E-state index in [0.29, 0.717) is 30.1 Å². The van der Waals surface area contributed by atoms with Crippen molar-refractivity contribution in [3.05, 3.63) is 30.5 Å². The van der Waals surface area contributed by atoms with Gasteiger partial charge < -0.3 is 9.80 Å². The summed E-state index contributed by atoms with van der Waals surface area (Å²) >= 11 is 0. The summed E-state index contributed by atoms with van der Waals surface area (Å²) in [6, 6.07) is 0. The standard InChI is InChI=1S/C19H19F5N8/c20-14(21)9-32-17-12(5-27-32)26-8-16(29-17)31-10-18(11-31)1-3-30(4-2-18)15-7-25-6-13(28-15)19(22,23)24/h5-8,14H,1-4,9-11H2. The van der Waals surface area contributed by atoms with Crippen LogP contribution < -0.4 is 9.80 Å². The van der Waals surface area contributed by atoms with E-state index in [0.717, 1.165) is 36.8 Å². The fraction of sp³-hybridized carbons (Fsp3) is 0.526. The molecule has 2 saturated heterocycles. The van der Waals surface area contributed by atoms with E-state index in [4.69, 9.17) is 0 Å². The van der Waals surface area contributed by atoms with Crippen LogP contribution in [0, 0.1) is 5.41 Å². The van der Waals surface area contributed by atoms with Gasteiger partial charge in [-0.25, -0.2) is 28.4 Å². The van der Waals surface area contributed by atoms with E-state index < -0.39 is 24.8 Å². The van der Waals surface area contributed by atoms with Crippen molar-refractivity contribution in [2.45, 2.75) is 32.0 Å². The third kappa shape index (κ3) is 3.79. The lowest BCUT2D eigenvalue weighted by Gasteiger charge is -2.54. The van der Waals surface area contributed by atoms with Crippen molar-refractivity contribution in [2.24, 2.45) is 5.41 Å². The Hall–Kier alpha value is -3.12. The molecule has 5 rings (SSSR count). The van der Waals surface area contributed by atoms with Gasteiger partial charge in [-0.15, -0.1) is 0 Å². The monoisotopic (exact) mass is 454 g/mol. The number of aromatic nitrogens is 6. The normalized spacial score (nSPS) is 18.6. The number of hydrogen-bond donors (Lipinski definition) is 0. The van der Waals surface area contributed by atoms with Gasteiger partial charge >= 0.3 is 6.18 Å². The molecule has 32 heavy (non-hydrogen) atoms. The van der Waals surface area contributed by atoms with Crippen molar-refractivity contribution in [3.8, 4) is 0 Å². The van der Waals surface area contributed by atoms with Gasteiger partial charge in [-0.2, -0.15) is 18.3 Å². The average molecular weight is 454 g/mol. The van der Waals surface area contributed by atoms with Crippen LogP contribution >= 0.6 is 0 Å². The highest BCUT2D eigenvalue weighted by Crippen LogP contribution is 2.43. The highest BCUT2D eigenvalue weighted by molar-refractivity contribution is 5.71. The van der Waals surface area contributed by atoms with Crippen LogP contribution in [0.2, 0.25) is 0 Å². The Balaban J connectivity index is 1.24. The summed E-state index contributed by atoms with van der Waals surface area (Å²) in [5, 5.41) is 3.93. The summed E-state index contributed by atoms with van der Waals surface area (Å²) in [6.07, 6.45) is -0.377. The van der Waals surface area contributed by atoms with E-state index in [1.54, 1.807) is 6.20 Å². The molecule has 5 heterocycles. The van der Waals surface area contributed by atoms with Crippen molar-refractivity contribution < 1.29 is 22.0 Å². The molecule has 8 nitrogen and oxygen atoms in total. The summed E-state index contributed by atoms with van der Waals surface area (Å²) in [7, 11) is 0. The second-order valence-electron chi connectivity index (χ2n) is 8.26. The summed E-state index contributed by atoms with van der Waals surface area (Å²) in [4.78, 5) is 20.0. The van der Waals surface area contributed by atoms with E-state index >= 15 is 0 Å². The minimum Gasteiger partial charge on any atom is -0.355 e. The molecule has 0 bridgehead atoms. The van der Waals surface area contributed by atoms with Crippen LogP contribution in [0.4, 0.5) is 33.6 Å². The molecule has 0 radical (unpaired) electrons. The second kappa shape index (κ2) is 7.48. The number of fused-ring (bicyclic) bond motifs is 1. The average Bonchev–Trinajstić information content (AvgIpc) is 3.13. The van der Waals surface area contributed by atoms with E-state index in [-0.39, 0.29) is 11.2 Å². The quantitative estimate of drug-likeness (QED) is 0.561. The van der Waals surface area contributed by atoms with Crippen molar-refractivity contribution in [1.29, 1.82) is 0 Å². The Morgan fingerprint density at radius 3 is 2.34 bits per heavy atom. The number of anilines is 2. The zero-order valence-electron chi connectivity index (χ0n) is 16.8. The highest BCUT2D eigenvalue weighted by atomic mass is 19.4. The second-order valence-corrected chi connectivity index (χ2v) is 8.26. The molecule has 2 fully saturated rings. The summed E-state index contributed by atoms with van der Waals surface area (Å²) in [5.41, 5.74) is -0.183. The Labute approximate surface area is 179 Å². The summed E-state index contributed by atoms with van der Waals surface area (Å²) in [5.74, 6) is 0.833. The molecule has 1 spiro atoms. The molecule has 0 unspecified atom stereocenters. The molecule has 170 valence electrons. The molecule has 0 aromatic carbocycles. The van der Waals surface area contributed by atoms with Gasteiger partial charge in [0.25, 0.3) is 6.43 Å². The molecular formula is C19H19F5N8. The van der Waals surface area contributed by atoms with Crippen LogP contribution in [0.25, 0.3) is 11.2 Å². The topological polar surface area (TPSA) is 75.9 Å². The van der Waals surface area contributed by atoms with Crippen molar-refractivity contribution in [3.63, 3.8) is 0 Å². The maximum absolute atomic E-state index is 12.9. The van der Waals surface area contributed by atoms with Crippen LogP contribution in [-0.2, 0) is 12.7 Å². The van der Waals surface area contributed by atoms with E-state index in [1.165, 1.54) is 12.4 Å². The maximum Gasteiger partial charge on any atom is 0.434 e. The first-order valence-corrected chi connectivity index (χ1v) is 10.1. The van der Waals surface area contributed by atoms with Crippen molar-refractivity contribution in [2.75, 3.05) is 36.0 Å². The molecular weight excluding hydrogens is 435 g/mol. The van der Waals surface area contributed by atoms with Gasteiger partial charge in [0.05, 0.1) is 24.8 Å². The van der Waals surface area contributed by atoms with Gasteiger partial charge in [0.2, 0.25) is 0 Å². The Kier molecular flexibility index (Phi) is 4.86. The Morgan fingerprint density at radius 2 is 1.66 bits per heavy atom. The molecule has 0 amide bonds. The molecule has 3 aromatic heterocycles. The van der Waals surface area contributed by atoms with Crippen LogP contribution in [0.15, 0.2) is 24.8 Å². The highest BCUT2D eigenvalue weighted by Gasteiger charge is 2.46. The Bertz CT molecular complexity index is 1110. The van der Waals surface area contributed by atoms with Gasteiger partial charge in [-0.05, 0) is 12.8 Å². The molecule has 3 aromatic rings. The van der Waals surface area contributed by atoms with Gasteiger partial charge in [-0.1, -0.05) is 0 Å². The fourth-order valence-electron chi connectivity index (χ4n) is 4.35. The van der Waals surface area contributed by atoms with Crippen LogP contribution in [0.5, 0.6) is 0 Å². The molecule has 2 aliphatic rings. The van der Waals surface area contributed by atoms with Crippen LogP contribution in [0.3, 0.4) is 0 Å². The van der Waals surface area contributed by atoms with Crippen molar-refractivity contribution in [1.82, 2.24) is 29.7 Å². The minimum atomic E-state index is -4.53. The summed E-state index contributed by atoms with van der Waals surface area (Å²) < 4.78 is 65.4. The Morgan fingerprint density at radius 1 is 0.938 bits per heavy atom. The first-order valence-electron chi connectivity index (χ1n) is 10.1. The third-order valence-electron chi connectivity index (χ3n) is 6.08. The van der Waals surface area contributed by atoms with Gasteiger partial charge in [0.15, 0.2) is 11.3 Å². The molecule has 0 atom stereocenters. The van der Waals surface area contributed by atoms with Gasteiger partial charge in [0, 0.05) is 31.6 Å². The van der Waals surface area contributed by atoms with E-state index in [9.17, 15) is 22.0 Å². The number of piperidine rings is 1. The molecule has 0 N–H and O–H groups in total. The van der Waals surface area contributed by atoms with E-state index in [2.05, 4.69) is 25.0 Å². The zero-order valence-corrected chi connectivity index (χ0v) is 16.8. The predicted octanol–water partition coefficient (Wildman–Crippen LogP) is 3.01. The first-order chi connectivity index (χ1) is 15.2. The fourth-order valence-corrected chi connectivity index (χ4v) is 4.35. The number of hydrogen-bond acceptors (Lipinski definition) is 7. The smallest absolute Gasteiger partial charge is 0.355 e. The lowest BCUT2D eigenvalue weighted by Crippen LogP contribution is -2.61. The summed E-state index contributed by atoms with van der Waals surface area (Å²) in [6.45, 7) is 2.06. The molecule has 13 heteroatoms. The predicted molar refractivity (Wildman–Crippen MR) is 104 cm³/mol. The third-order valence-corrected chi connectivity index (χ3v) is 6.08. The van der Waals surface area contributed by atoms with Crippen LogP contribution in [-0.4, -0.2) is 62.3 Å². The first kappa shape index (κ1) is 20.8.